The fraction of sp³-hybridized carbons (Fsp3) is 0.0769. The minimum atomic E-state index is -0.648. The van der Waals surface area contributed by atoms with Crippen molar-refractivity contribution in [2.75, 3.05) is 5.32 Å². The molecule has 0 heterocycles. The van der Waals surface area contributed by atoms with Crippen LogP contribution in [-0.4, -0.2) is 0 Å². The Bertz CT molecular complexity index is 597. The first kappa shape index (κ1) is 14.8. The van der Waals surface area contributed by atoms with E-state index < -0.39 is 11.6 Å². The highest BCUT2D eigenvalue weighted by molar-refractivity contribution is 9.10. The summed E-state index contributed by atoms with van der Waals surface area (Å²) < 4.78 is 28.4. The van der Waals surface area contributed by atoms with E-state index >= 15 is 0 Å². The molecule has 1 N–H and O–H groups in total. The van der Waals surface area contributed by atoms with Gasteiger partial charge in [-0.15, -0.1) is 0 Å². The molecule has 19 heavy (non-hydrogen) atoms. The molecule has 100 valence electrons. The third-order valence-electron chi connectivity index (χ3n) is 2.47. The maximum absolute atomic E-state index is 13.6. The molecule has 0 aliphatic heterocycles. The molecule has 0 aromatic heterocycles. The number of halogens is 5. The molecule has 0 radical (unpaired) electrons. The summed E-state index contributed by atoms with van der Waals surface area (Å²) in [4.78, 5) is 0. The molecule has 0 amide bonds. The molecule has 6 heteroatoms. The van der Waals surface area contributed by atoms with E-state index in [1.54, 1.807) is 18.2 Å². The SMILES string of the molecule is Fc1cc(Br)cc(F)c1NCc1cc(Cl)ccc1Br. The molecular weight excluding hydrogens is 403 g/mol. The average molecular weight is 411 g/mol. The molecule has 2 aromatic carbocycles. The van der Waals surface area contributed by atoms with E-state index in [2.05, 4.69) is 37.2 Å². The van der Waals surface area contributed by atoms with Gasteiger partial charge in [0.05, 0.1) is 0 Å². The van der Waals surface area contributed by atoms with Crippen LogP contribution < -0.4 is 5.32 Å². The third kappa shape index (κ3) is 3.68. The number of hydrogen-bond donors (Lipinski definition) is 1. The molecule has 0 aliphatic carbocycles. The Hall–Kier alpha value is -0.650. The number of nitrogens with one attached hydrogen (secondary N) is 1. The zero-order valence-electron chi connectivity index (χ0n) is 9.48. The smallest absolute Gasteiger partial charge is 0.150 e. The van der Waals surface area contributed by atoms with Crippen LogP contribution in [0.5, 0.6) is 0 Å². The summed E-state index contributed by atoms with van der Waals surface area (Å²) in [6.45, 7) is 0.261. The minimum absolute atomic E-state index is 0.157. The molecular formula is C13H8Br2ClF2N. The van der Waals surface area contributed by atoms with Crippen molar-refractivity contribution in [1.82, 2.24) is 0 Å². The molecule has 1 nitrogen and oxygen atoms in total. The van der Waals surface area contributed by atoms with Gasteiger partial charge in [-0.3, -0.25) is 0 Å². The normalized spacial score (nSPS) is 10.6. The van der Waals surface area contributed by atoms with Crippen LogP contribution in [0.25, 0.3) is 0 Å². The van der Waals surface area contributed by atoms with Gasteiger partial charge < -0.3 is 5.32 Å². The Morgan fingerprint density at radius 1 is 1.05 bits per heavy atom. The van der Waals surface area contributed by atoms with E-state index in [4.69, 9.17) is 11.6 Å². The van der Waals surface area contributed by atoms with Crippen molar-refractivity contribution in [1.29, 1.82) is 0 Å². The Kier molecular flexibility index (Phi) is 4.81. The number of benzene rings is 2. The van der Waals surface area contributed by atoms with Gasteiger partial charge in [0.2, 0.25) is 0 Å². The summed E-state index contributed by atoms with van der Waals surface area (Å²) >= 11 is 12.3. The van der Waals surface area contributed by atoms with Gasteiger partial charge in [0.1, 0.15) is 17.3 Å². The molecule has 0 spiro atoms. The van der Waals surface area contributed by atoms with E-state index in [-0.39, 0.29) is 12.2 Å². The number of hydrogen-bond acceptors (Lipinski definition) is 1. The van der Waals surface area contributed by atoms with Crippen molar-refractivity contribution >= 4 is 49.1 Å². The molecule has 0 aliphatic rings. The van der Waals surface area contributed by atoms with Crippen molar-refractivity contribution in [3.05, 3.63) is 61.5 Å². The van der Waals surface area contributed by atoms with E-state index in [9.17, 15) is 8.78 Å². The lowest BCUT2D eigenvalue weighted by Crippen LogP contribution is -2.04. The summed E-state index contributed by atoms with van der Waals surface area (Å²) in [5.41, 5.74) is 0.657. The Balaban J connectivity index is 2.21. The highest BCUT2D eigenvalue weighted by atomic mass is 79.9. The molecule has 0 bridgehead atoms. The van der Waals surface area contributed by atoms with Crippen molar-refractivity contribution in [3.8, 4) is 0 Å². The van der Waals surface area contributed by atoms with Crippen LogP contribution in [0.2, 0.25) is 5.02 Å². The molecule has 0 saturated heterocycles. The Morgan fingerprint density at radius 3 is 2.32 bits per heavy atom. The topological polar surface area (TPSA) is 12.0 Å². The van der Waals surface area contributed by atoms with Crippen LogP contribution in [0.15, 0.2) is 39.3 Å². The number of rotatable bonds is 3. The minimum Gasteiger partial charge on any atom is -0.376 e. The van der Waals surface area contributed by atoms with Gasteiger partial charge in [0, 0.05) is 20.5 Å². The third-order valence-corrected chi connectivity index (χ3v) is 3.94. The maximum Gasteiger partial charge on any atom is 0.150 e. The van der Waals surface area contributed by atoms with Crippen molar-refractivity contribution < 1.29 is 8.78 Å². The van der Waals surface area contributed by atoms with Crippen LogP contribution in [0.3, 0.4) is 0 Å². The first-order chi connectivity index (χ1) is 8.97. The van der Waals surface area contributed by atoms with Crippen molar-refractivity contribution in [2.45, 2.75) is 6.54 Å². The van der Waals surface area contributed by atoms with Crippen LogP contribution in [0.4, 0.5) is 14.5 Å². The molecule has 0 saturated carbocycles. The fourth-order valence-electron chi connectivity index (χ4n) is 1.57. The zero-order chi connectivity index (χ0) is 14.0. The largest absolute Gasteiger partial charge is 0.376 e. The van der Waals surface area contributed by atoms with Crippen molar-refractivity contribution in [2.24, 2.45) is 0 Å². The van der Waals surface area contributed by atoms with Gasteiger partial charge in [-0.2, -0.15) is 0 Å². The average Bonchev–Trinajstić information content (AvgIpc) is 2.32. The van der Waals surface area contributed by atoms with Crippen molar-refractivity contribution in [3.63, 3.8) is 0 Å². The lowest BCUT2D eigenvalue weighted by atomic mass is 10.2. The van der Waals surface area contributed by atoms with E-state index in [0.29, 0.717) is 9.50 Å². The first-order valence-corrected chi connectivity index (χ1v) is 7.26. The van der Waals surface area contributed by atoms with Crippen LogP contribution in [0.1, 0.15) is 5.56 Å². The van der Waals surface area contributed by atoms with Gasteiger partial charge in [-0.25, -0.2) is 8.78 Å². The predicted molar refractivity (Wildman–Crippen MR) is 80.5 cm³/mol. The van der Waals surface area contributed by atoms with Gasteiger partial charge >= 0.3 is 0 Å². The van der Waals surface area contributed by atoms with Crippen LogP contribution in [0, 0.1) is 11.6 Å². The summed E-state index contributed by atoms with van der Waals surface area (Å²) in [5.74, 6) is -1.30. The molecule has 0 unspecified atom stereocenters. The number of anilines is 1. The lowest BCUT2D eigenvalue weighted by molar-refractivity contribution is 0.586. The highest BCUT2D eigenvalue weighted by Gasteiger charge is 2.11. The molecule has 0 atom stereocenters. The monoisotopic (exact) mass is 409 g/mol. The summed E-state index contributed by atoms with van der Waals surface area (Å²) in [6, 6.07) is 7.66. The van der Waals surface area contributed by atoms with Gasteiger partial charge in [-0.05, 0) is 35.9 Å². The Morgan fingerprint density at radius 2 is 1.68 bits per heavy atom. The first-order valence-electron chi connectivity index (χ1n) is 5.29. The van der Waals surface area contributed by atoms with Crippen LogP contribution >= 0.6 is 43.5 Å². The van der Waals surface area contributed by atoms with E-state index in [0.717, 1.165) is 10.0 Å². The highest BCUT2D eigenvalue weighted by Crippen LogP contribution is 2.26. The molecule has 0 fully saturated rings. The predicted octanol–water partition coefficient (Wildman–Crippen LogP) is 5.76. The molecule has 2 aromatic rings. The second-order valence-corrected chi connectivity index (χ2v) is 6.04. The summed E-state index contributed by atoms with van der Waals surface area (Å²) in [5, 5.41) is 3.30. The van der Waals surface area contributed by atoms with E-state index in [1.165, 1.54) is 12.1 Å². The standard InChI is InChI=1S/C13H8Br2ClF2N/c14-8-4-11(17)13(12(18)5-8)19-6-7-3-9(16)1-2-10(7)15/h1-5,19H,6H2. The zero-order valence-corrected chi connectivity index (χ0v) is 13.4. The van der Waals surface area contributed by atoms with Gasteiger partial charge in [0.25, 0.3) is 0 Å². The maximum atomic E-state index is 13.6. The Labute approximate surface area is 131 Å². The van der Waals surface area contributed by atoms with Gasteiger partial charge in [0.15, 0.2) is 0 Å². The second kappa shape index (κ2) is 6.20. The quantitative estimate of drug-likeness (QED) is 0.678. The summed E-state index contributed by atoms with van der Waals surface area (Å²) in [6.07, 6.45) is 0. The summed E-state index contributed by atoms with van der Waals surface area (Å²) in [7, 11) is 0. The fourth-order valence-corrected chi connectivity index (χ4v) is 2.56. The lowest BCUT2D eigenvalue weighted by Gasteiger charge is -2.11. The van der Waals surface area contributed by atoms with Crippen LogP contribution in [-0.2, 0) is 6.54 Å². The second-order valence-electron chi connectivity index (χ2n) is 3.83. The van der Waals surface area contributed by atoms with Gasteiger partial charge in [-0.1, -0.05) is 43.5 Å². The van der Waals surface area contributed by atoms with E-state index in [1.807, 2.05) is 0 Å². The molecule has 2 rings (SSSR count).